The summed E-state index contributed by atoms with van der Waals surface area (Å²) >= 11 is 1.61. The lowest BCUT2D eigenvalue weighted by Crippen LogP contribution is -2.42. The van der Waals surface area contributed by atoms with Crippen molar-refractivity contribution in [3.8, 4) is 11.3 Å². The van der Waals surface area contributed by atoms with Crippen LogP contribution in [0.5, 0.6) is 0 Å². The summed E-state index contributed by atoms with van der Waals surface area (Å²) in [5, 5.41) is 5.04. The van der Waals surface area contributed by atoms with Crippen molar-refractivity contribution in [1.82, 2.24) is 14.3 Å². The molecule has 2 aromatic heterocycles. The average Bonchev–Trinajstić information content (AvgIpc) is 3.35. The van der Waals surface area contributed by atoms with E-state index in [0.29, 0.717) is 13.1 Å². The van der Waals surface area contributed by atoms with E-state index in [1.54, 1.807) is 11.3 Å². The molecule has 0 bridgehead atoms. The summed E-state index contributed by atoms with van der Waals surface area (Å²) in [5.74, 6) is 0.570. The number of benzene rings is 1. The van der Waals surface area contributed by atoms with Crippen LogP contribution in [-0.2, 0) is 9.59 Å². The zero-order valence-electron chi connectivity index (χ0n) is 15.5. The summed E-state index contributed by atoms with van der Waals surface area (Å²) in [4.78, 5) is 32.2. The number of aromatic nitrogens is 2. The largest absolute Gasteiger partial charge is 0.342 e. The van der Waals surface area contributed by atoms with E-state index in [1.165, 1.54) is 0 Å². The maximum atomic E-state index is 12.6. The highest BCUT2D eigenvalue weighted by Crippen LogP contribution is 2.32. The number of fused-ring (bicyclic) bond motifs is 1. The highest BCUT2D eigenvalue weighted by Gasteiger charge is 2.35. The van der Waals surface area contributed by atoms with Gasteiger partial charge in [0.15, 0.2) is 4.96 Å². The Balaban J connectivity index is 1.18. The van der Waals surface area contributed by atoms with Gasteiger partial charge in [0, 0.05) is 53.9 Å². The fraction of sp³-hybridized carbons (Fsp3) is 0.381. The molecule has 1 N–H and O–H groups in total. The van der Waals surface area contributed by atoms with Gasteiger partial charge >= 0.3 is 0 Å². The van der Waals surface area contributed by atoms with Crippen molar-refractivity contribution in [2.24, 2.45) is 11.8 Å². The van der Waals surface area contributed by atoms with Gasteiger partial charge in [-0.05, 0) is 37.8 Å². The number of nitrogens with zero attached hydrogens (tertiary/aromatic N) is 3. The fourth-order valence-electron chi connectivity index (χ4n) is 3.79. The standard InChI is InChI=1S/C21H22N4O2S/c26-19(15-7-9-24(10-8-15)20(27)16-1-2-16)22-17-5-3-14(4-6-17)18-13-25-11-12-28-21(25)23-18/h3-6,11-13,15-16H,1-2,7-10H2,(H,22,26). The average molecular weight is 395 g/mol. The molecule has 5 rings (SSSR count). The first-order valence-corrected chi connectivity index (χ1v) is 10.7. The maximum absolute atomic E-state index is 12.6. The number of hydrogen-bond acceptors (Lipinski definition) is 4. The van der Waals surface area contributed by atoms with Crippen molar-refractivity contribution in [3.05, 3.63) is 42.0 Å². The number of rotatable bonds is 4. The third kappa shape index (κ3) is 3.42. The van der Waals surface area contributed by atoms with Crippen molar-refractivity contribution in [1.29, 1.82) is 0 Å². The Morgan fingerprint density at radius 2 is 1.79 bits per heavy atom. The first-order valence-electron chi connectivity index (χ1n) is 9.80. The molecule has 0 unspecified atom stereocenters. The van der Waals surface area contributed by atoms with E-state index in [0.717, 1.165) is 47.6 Å². The number of piperidine rings is 1. The number of amides is 2. The lowest BCUT2D eigenvalue weighted by atomic mass is 9.95. The molecule has 1 saturated carbocycles. The molecule has 3 aromatic rings. The second-order valence-electron chi connectivity index (χ2n) is 7.66. The Hall–Kier alpha value is -2.67. The van der Waals surface area contributed by atoms with Gasteiger partial charge in [-0.25, -0.2) is 4.98 Å². The molecule has 2 aliphatic rings. The number of likely N-dealkylation sites (tertiary alicyclic amines) is 1. The van der Waals surface area contributed by atoms with Gasteiger partial charge in [-0.1, -0.05) is 12.1 Å². The predicted molar refractivity (Wildman–Crippen MR) is 109 cm³/mol. The minimum Gasteiger partial charge on any atom is -0.342 e. The molecule has 1 aliphatic heterocycles. The first-order chi connectivity index (χ1) is 13.7. The van der Waals surface area contributed by atoms with Gasteiger partial charge in [-0.2, -0.15) is 0 Å². The number of nitrogens with one attached hydrogen (secondary N) is 1. The Morgan fingerprint density at radius 3 is 2.46 bits per heavy atom. The van der Waals surface area contributed by atoms with Crippen molar-refractivity contribution in [2.75, 3.05) is 18.4 Å². The van der Waals surface area contributed by atoms with Gasteiger partial charge in [0.1, 0.15) is 0 Å². The van der Waals surface area contributed by atoms with Gasteiger partial charge in [-0.15, -0.1) is 11.3 Å². The summed E-state index contributed by atoms with van der Waals surface area (Å²) in [6.07, 6.45) is 7.56. The molecule has 144 valence electrons. The molecule has 6 nitrogen and oxygen atoms in total. The van der Waals surface area contributed by atoms with E-state index in [9.17, 15) is 9.59 Å². The van der Waals surface area contributed by atoms with Crippen LogP contribution >= 0.6 is 11.3 Å². The molecule has 7 heteroatoms. The van der Waals surface area contributed by atoms with Crippen molar-refractivity contribution in [2.45, 2.75) is 25.7 Å². The molecule has 1 saturated heterocycles. The monoisotopic (exact) mass is 394 g/mol. The Labute approximate surface area is 167 Å². The van der Waals surface area contributed by atoms with Crippen LogP contribution in [0.3, 0.4) is 0 Å². The number of imidazole rings is 1. The van der Waals surface area contributed by atoms with E-state index < -0.39 is 0 Å². The minimum atomic E-state index is -0.0251. The van der Waals surface area contributed by atoms with E-state index in [-0.39, 0.29) is 23.7 Å². The van der Waals surface area contributed by atoms with Gasteiger partial charge in [-0.3, -0.25) is 14.0 Å². The molecule has 3 heterocycles. The second kappa shape index (κ2) is 7.05. The highest BCUT2D eigenvalue weighted by atomic mass is 32.1. The van der Waals surface area contributed by atoms with E-state index in [1.807, 2.05) is 51.3 Å². The summed E-state index contributed by atoms with van der Waals surface area (Å²) in [6.45, 7) is 1.40. The topological polar surface area (TPSA) is 66.7 Å². The van der Waals surface area contributed by atoms with Crippen LogP contribution in [-0.4, -0.2) is 39.2 Å². The minimum absolute atomic E-state index is 0.0251. The van der Waals surface area contributed by atoms with Gasteiger partial charge in [0.05, 0.1) is 5.69 Å². The zero-order chi connectivity index (χ0) is 19.1. The number of thiazole rings is 1. The molecule has 1 aromatic carbocycles. The summed E-state index contributed by atoms with van der Waals surface area (Å²) < 4.78 is 2.01. The zero-order valence-corrected chi connectivity index (χ0v) is 16.3. The van der Waals surface area contributed by atoms with Crippen molar-refractivity contribution >= 4 is 33.8 Å². The smallest absolute Gasteiger partial charge is 0.227 e. The van der Waals surface area contributed by atoms with Gasteiger partial charge < -0.3 is 10.2 Å². The number of anilines is 1. The van der Waals surface area contributed by atoms with Crippen LogP contribution < -0.4 is 5.32 Å². The lowest BCUT2D eigenvalue weighted by Gasteiger charge is -2.31. The molecule has 0 atom stereocenters. The molecule has 28 heavy (non-hydrogen) atoms. The third-order valence-electron chi connectivity index (χ3n) is 5.65. The maximum Gasteiger partial charge on any atom is 0.227 e. The Kier molecular flexibility index (Phi) is 4.39. The summed E-state index contributed by atoms with van der Waals surface area (Å²) in [7, 11) is 0. The Bertz CT molecular complexity index is 982. The SMILES string of the molecule is O=C(Nc1ccc(-c2cn3ccsc3n2)cc1)C1CCN(C(=O)C2CC2)CC1. The van der Waals surface area contributed by atoms with Gasteiger partial charge in [0.25, 0.3) is 0 Å². The number of hydrogen-bond donors (Lipinski definition) is 1. The van der Waals surface area contributed by atoms with Crippen LogP contribution in [0, 0.1) is 11.8 Å². The quantitative estimate of drug-likeness (QED) is 0.735. The third-order valence-corrected chi connectivity index (χ3v) is 6.42. The van der Waals surface area contributed by atoms with Crippen molar-refractivity contribution < 1.29 is 9.59 Å². The van der Waals surface area contributed by atoms with E-state index >= 15 is 0 Å². The summed E-state index contributed by atoms with van der Waals surface area (Å²) in [5.41, 5.74) is 2.75. The molecule has 1 aliphatic carbocycles. The molecular formula is C21H22N4O2S. The second-order valence-corrected chi connectivity index (χ2v) is 8.53. The number of carbonyl (C=O) groups excluding carboxylic acids is 2. The van der Waals surface area contributed by atoms with Crippen LogP contribution in [0.25, 0.3) is 16.2 Å². The lowest BCUT2D eigenvalue weighted by molar-refractivity contribution is -0.135. The first kappa shape index (κ1) is 17.4. The molecule has 2 amide bonds. The summed E-state index contributed by atoms with van der Waals surface area (Å²) in [6, 6.07) is 7.82. The van der Waals surface area contributed by atoms with Crippen LogP contribution in [0.2, 0.25) is 0 Å². The predicted octanol–water partition coefficient (Wildman–Crippen LogP) is 3.65. The van der Waals surface area contributed by atoms with Crippen molar-refractivity contribution in [3.63, 3.8) is 0 Å². The normalized spacial score (nSPS) is 17.8. The Morgan fingerprint density at radius 1 is 1.04 bits per heavy atom. The van der Waals surface area contributed by atoms with E-state index in [4.69, 9.17) is 0 Å². The molecule has 0 spiro atoms. The molecule has 0 radical (unpaired) electrons. The molecule has 2 fully saturated rings. The van der Waals surface area contributed by atoms with Crippen LogP contribution in [0.1, 0.15) is 25.7 Å². The highest BCUT2D eigenvalue weighted by molar-refractivity contribution is 7.15. The van der Waals surface area contributed by atoms with E-state index in [2.05, 4.69) is 10.3 Å². The van der Waals surface area contributed by atoms with Crippen LogP contribution in [0.4, 0.5) is 5.69 Å². The van der Waals surface area contributed by atoms with Gasteiger partial charge in [0.2, 0.25) is 11.8 Å². The fourth-order valence-corrected chi connectivity index (χ4v) is 4.49. The number of carbonyl (C=O) groups is 2. The van der Waals surface area contributed by atoms with Crippen LogP contribution in [0.15, 0.2) is 42.0 Å². The molecular weight excluding hydrogens is 372 g/mol.